The van der Waals surface area contributed by atoms with Crippen LogP contribution < -0.4 is 14.3 Å². The Morgan fingerprint density at radius 3 is 2.69 bits per heavy atom. The van der Waals surface area contributed by atoms with E-state index in [1.165, 1.54) is 17.4 Å². The molecule has 0 amide bonds. The topological polar surface area (TPSA) is 78.9 Å². The molecule has 0 saturated heterocycles. The zero-order valence-corrected chi connectivity index (χ0v) is 18.2. The minimum absolute atomic E-state index is 0.0412. The van der Waals surface area contributed by atoms with Crippen molar-refractivity contribution in [3.8, 4) is 22.8 Å². The molecule has 9 heteroatoms. The van der Waals surface area contributed by atoms with E-state index in [0.717, 1.165) is 27.3 Å². The second-order valence-corrected chi connectivity index (χ2v) is 8.35. The summed E-state index contributed by atoms with van der Waals surface area (Å²) in [5.74, 6) is 1.42. The van der Waals surface area contributed by atoms with E-state index < -0.39 is 4.92 Å². The maximum atomic E-state index is 11.3. The molecule has 160 valence electrons. The van der Waals surface area contributed by atoms with Crippen molar-refractivity contribution in [2.75, 3.05) is 6.79 Å². The highest BCUT2D eigenvalue weighted by molar-refractivity contribution is 7.07. The van der Waals surface area contributed by atoms with Gasteiger partial charge in [-0.05, 0) is 42.0 Å². The van der Waals surface area contributed by atoms with Crippen LogP contribution in [-0.4, -0.2) is 16.3 Å². The SMILES string of the molecule is O=[N+]([O-])c1cccc(-c2csc(=Nc3ccc(Cl)cc3)n2Cc2ccc3c(c2)OCO3)c1. The van der Waals surface area contributed by atoms with Crippen molar-refractivity contribution in [2.45, 2.75) is 6.54 Å². The Labute approximate surface area is 191 Å². The Hall–Kier alpha value is -3.62. The smallest absolute Gasteiger partial charge is 0.270 e. The first kappa shape index (κ1) is 20.3. The lowest BCUT2D eigenvalue weighted by Gasteiger charge is -2.10. The molecule has 3 aromatic carbocycles. The van der Waals surface area contributed by atoms with Gasteiger partial charge in [0.05, 0.1) is 22.8 Å². The molecular formula is C23H16ClN3O4S. The first-order chi connectivity index (χ1) is 15.6. The first-order valence-electron chi connectivity index (χ1n) is 9.69. The fraction of sp³-hybridized carbons (Fsp3) is 0.0870. The second-order valence-electron chi connectivity index (χ2n) is 7.07. The predicted molar refractivity (Wildman–Crippen MR) is 123 cm³/mol. The van der Waals surface area contributed by atoms with Gasteiger partial charge in [0.15, 0.2) is 16.3 Å². The van der Waals surface area contributed by atoms with Gasteiger partial charge in [0, 0.05) is 28.1 Å². The third kappa shape index (κ3) is 4.10. The highest BCUT2D eigenvalue weighted by Crippen LogP contribution is 2.33. The van der Waals surface area contributed by atoms with Crippen LogP contribution in [0.3, 0.4) is 0 Å². The number of ether oxygens (including phenoxy) is 2. The number of nitro groups is 1. The summed E-state index contributed by atoms with van der Waals surface area (Å²) < 4.78 is 13.0. The van der Waals surface area contributed by atoms with E-state index in [2.05, 4.69) is 0 Å². The summed E-state index contributed by atoms with van der Waals surface area (Å²) in [5.41, 5.74) is 3.38. The molecule has 32 heavy (non-hydrogen) atoms. The molecule has 0 spiro atoms. The standard InChI is InChI=1S/C23H16ClN3O4S/c24-17-5-7-18(8-6-17)25-23-26(12-15-4-9-21-22(10-15)31-14-30-21)20(13-32-23)16-2-1-3-19(11-16)27(28)29/h1-11,13H,12,14H2. The molecule has 5 rings (SSSR count). The Kier molecular flexibility index (Phi) is 5.38. The normalized spacial score (nSPS) is 12.8. The van der Waals surface area contributed by atoms with E-state index in [-0.39, 0.29) is 12.5 Å². The Bertz CT molecular complexity index is 1380. The van der Waals surface area contributed by atoms with Crippen molar-refractivity contribution in [1.82, 2.24) is 4.57 Å². The quantitative estimate of drug-likeness (QED) is 0.276. The third-order valence-electron chi connectivity index (χ3n) is 4.98. The fourth-order valence-corrected chi connectivity index (χ4v) is 4.48. The molecule has 1 aromatic heterocycles. The largest absolute Gasteiger partial charge is 0.454 e. The summed E-state index contributed by atoms with van der Waals surface area (Å²) in [6.07, 6.45) is 0. The van der Waals surface area contributed by atoms with Crippen molar-refractivity contribution in [2.24, 2.45) is 4.99 Å². The summed E-state index contributed by atoms with van der Waals surface area (Å²) in [7, 11) is 0. The lowest BCUT2D eigenvalue weighted by molar-refractivity contribution is -0.384. The van der Waals surface area contributed by atoms with Gasteiger partial charge in [-0.3, -0.25) is 10.1 Å². The van der Waals surface area contributed by atoms with Crippen LogP contribution in [0, 0.1) is 10.1 Å². The zero-order valence-electron chi connectivity index (χ0n) is 16.6. The molecule has 0 radical (unpaired) electrons. The van der Waals surface area contributed by atoms with E-state index in [9.17, 15) is 10.1 Å². The van der Waals surface area contributed by atoms with Crippen LogP contribution in [0.4, 0.5) is 11.4 Å². The monoisotopic (exact) mass is 465 g/mol. The van der Waals surface area contributed by atoms with E-state index in [4.69, 9.17) is 26.1 Å². The van der Waals surface area contributed by atoms with Crippen LogP contribution in [-0.2, 0) is 6.54 Å². The van der Waals surface area contributed by atoms with Crippen LogP contribution in [0.1, 0.15) is 5.56 Å². The van der Waals surface area contributed by atoms with Crippen LogP contribution >= 0.6 is 22.9 Å². The summed E-state index contributed by atoms with van der Waals surface area (Å²) >= 11 is 7.47. The molecule has 0 saturated carbocycles. The van der Waals surface area contributed by atoms with Gasteiger partial charge in [0.2, 0.25) is 6.79 Å². The van der Waals surface area contributed by atoms with Crippen molar-refractivity contribution in [3.63, 3.8) is 0 Å². The minimum atomic E-state index is -0.392. The summed E-state index contributed by atoms with van der Waals surface area (Å²) in [6, 6.07) is 19.7. The van der Waals surface area contributed by atoms with E-state index in [1.54, 1.807) is 24.3 Å². The molecule has 2 heterocycles. The van der Waals surface area contributed by atoms with Gasteiger partial charge < -0.3 is 14.0 Å². The van der Waals surface area contributed by atoms with Gasteiger partial charge in [0.25, 0.3) is 5.69 Å². The predicted octanol–water partition coefficient (Wildman–Crippen LogP) is 5.79. The molecule has 0 aliphatic carbocycles. The molecule has 0 fully saturated rings. The van der Waals surface area contributed by atoms with Gasteiger partial charge in [-0.2, -0.15) is 0 Å². The average Bonchev–Trinajstić information content (AvgIpc) is 3.42. The van der Waals surface area contributed by atoms with Crippen molar-refractivity contribution < 1.29 is 14.4 Å². The third-order valence-corrected chi connectivity index (χ3v) is 6.10. The number of rotatable bonds is 5. The number of non-ortho nitro benzene ring substituents is 1. The lowest BCUT2D eigenvalue weighted by Crippen LogP contribution is -2.16. The van der Waals surface area contributed by atoms with E-state index in [1.807, 2.05) is 46.3 Å². The van der Waals surface area contributed by atoms with E-state index >= 15 is 0 Å². The number of thiazole rings is 1. The zero-order chi connectivity index (χ0) is 22.1. The van der Waals surface area contributed by atoms with Crippen molar-refractivity contribution in [1.29, 1.82) is 0 Å². The molecule has 1 aliphatic rings. The number of hydrogen-bond donors (Lipinski definition) is 0. The molecule has 0 N–H and O–H groups in total. The molecule has 0 unspecified atom stereocenters. The molecule has 0 bridgehead atoms. The number of nitro benzene ring substituents is 1. The number of hydrogen-bond acceptors (Lipinski definition) is 6. The second kappa shape index (κ2) is 8.49. The number of fused-ring (bicyclic) bond motifs is 1. The first-order valence-corrected chi connectivity index (χ1v) is 10.9. The summed E-state index contributed by atoms with van der Waals surface area (Å²) in [4.78, 5) is 16.4. The van der Waals surface area contributed by atoms with Gasteiger partial charge in [-0.25, -0.2) is 4.99 Å². The highest BCUT2D eigenvalue weighted by atomic mass is 35.5. The Morgan fingerprint density at radius 2 is 1.88 bits per heavy atom. The molecular weight excluding hydrogens is 450 g/mol. The number of benzene rings is 3. The number of aromatic nitrogens is 1. The number of nitrogens with zero attached hydrogens (tertiary/aromatic N) is 3. The lowest BCUT2D eigenvalue weighted by atomic mass is 10.1. The van der Waals surface area contributed by atoms with Gasteiger partial charge in [0.1, 0.15) is 0 Å². The van der Waals surface area contributed by atoms with Gasteiger partial charge in [-0.15, -0.1) is 11.3 Å². The van der Waals surface area contributed by atoms with Crippen molar-refractivity contribution >= 4 is 34.3 Å². The molecule has 7 nitrogen and oxygen atoms in total. The average molecular weight is 466 g/mol. The highest BCUT2D eigenvalue weighted by Gasteiger charge is 2.16. The summed E-state index contributed by atoms with van der Waals surface area (Å²) in [6.45, 7) is 0.713. The number of halogens is 1. The Balaban J connectivity index is 1.62. The van der Waals surface area contributed by atoms with Crippen LogP contribution in [0.5, 0.6) is 11.5 Å². The molecule has 0 atom stereocenters. The van der Waals surface area contributed by atoms with Crippen LogP contribution in [0.2, 0.25) is 5.02 Å². The minimum Gasteiger partial charge on any atom is -0.454 e. The maximum absolute atomic E-state index is 11.3. The fourth-order valence-electron chi connectivity index (χ4n) is 3.43. The van der Waals surface area contributed by atoms with Crippen molar-refractivity contribution in [3.05, 3.63) is 97.6 Å². The maximum Gasteiger partial charge on any atom is 0.270 e. The van der Waals surface area contributed by atoms with Crippen LogP contribution in [0.15, 0.2) is 77.1 Å². The molecule has 1 aliphatic heterocycles. The van der Waals surface area contributed by atoms with E-state index in [0.29, 0.717) is 23.1 Å². The molecule has 4 aromatic rings. The summed E-state index contributed by atoms with van der Waals surface area (Å²) in [5, 5.41) is 13.9. The van der Waals surface area contributed by atoms with Gasteiger partial charge >= 0.3 is 0 Å². The van der Waals surface area contributed by atoms with Gasteiger partial charge in [-0.1, -0.05) is 29.8 Å². The Morgan fingerprint density at radius 1 is 1.06 bits per heavy atom. The van der Waals surface area contributed by atoms with Crippen LogP contribution in [0.25, 0.3) is 11.3 Å².